The second kappa shape index (κ2) is 10.7. The number of ether oxygens (including phenoxy) is 1. The van der Waals surface area contributed by atoms with E-state index in [-0.39, 0.29) is 0 Å². The van der Waals surface area contributed by atoms with Crippen LogP contribution < -0.4 is 4.74 Å². The van der Waals surface area contributed by atoms with Gasteiger partial charge >= 0.3 is 0 Å². The fraction of sp³-hybridized carbons (Fsp3) is 0.609. The molecule has 1 N–H and O–H groups in total. The minimum Gasteiger partial charge on any atom is -0.497 e. The van der Waals surface area contributed by atoms with Crippen molar-refractivity contribution < 1.29 is 9.84 Å². The van der Waals surface area contributed by atoms with Gasteiger partial charge in [-0.1, -0.05) is 32.6 Å². The molecule has 5 heteroatoms. The van der Waals surface area contributed by atoms with Crippen molar-refractivity contribution in [3.8, 4) is 5.75 Å². The highest BCUT2D eigenvalue weighted by Crippen LogP contribution is 2.27. The average molecular weight is 386 g/mol. The molecule has 0 unspecified atom stereocenters. The van der Waals surface area contributed by atoms with Gasteiger partial charge < -0.3 is 14.7 Å². The summed E-state index contributed by atoms with van der Waals surface area (Å²) < 4.78 is 5.35. The van der Waals surface area contributed by atoms with E-state index in [9.17, 15) is 5.11 Å². The van der Waals surface area contributed by atoms with E-state index in [1.807, 2.05) is 24.3 Å². The van der Waals surface area contributed by atoms with E-state index in [2.05, 4.69) is 21.7 Å². The van der Waals surface area contributed by atoms with Gasteiger partial charge in [-0.05, 0) is 42.8 Å². The van der Waals surface area contributed by atoms with E-state index >= 15 is 0 Å². The van der Waals surface area contributed by atoms with Crippen LogP contribution in [0, 0.1) is 0 Å². The van der Waals surface area contributed by atoms with Crippen molar-refractivity contribution in [3.05, 3.63) is 36.0 Å². The molecule has 0 radical (unpaired) electrons. The number of aromatic nitrogens is 1. The number of fused-ring (bicyclic) bond motifs is 1. The van der Waals surface area contributed by atoms with Gasteiger partial charge in [0.05, 0.1) is 18.7 Å². The van der Waals surface area contributed by atoms with Crippen LogP contribution in [0.4, 0.5) is 0 Å². The largest absolute Gasteiger partial charge is 0.497 e. The molecule has 1 atom stereocenters. The summed E-state index contributed by atoms with van der Waals surface area (Å²) in [7, 11) is 1.66. The van der Waals surface area contributed by atoms with Gasteiger partial charge in [-0.15, -0.1) is 0 Å². The second-order valence-corrected chi connectivity index (χ2v) is 7.86. The highest BCUT2D eigenvalue weighted by molar-refractivity contribution is 5.83. The Morgan fingerprint density at radius 3 is 2.54 bits per heavy atom. The molecule has 0 bridgehead atoms. The molecule has 154 valence electrons. The zero-order valence-corrected chi connectivity index (χ0v) is 17.4. The van der Waals surface area contributed by atoms with Gasteiger partial charge in [-0.25, -0.2) is 0 Å². The SMILES string of the molecule is CCCCCCCN1CCN(C[C@H](O)c2ccnc3ccc(OC)cc23)CC1. The summed E-state index contributed by atoms with van der Waals surface area (Å²) in [4.78, 5) is 9.37. The van der Waals surface area contributed by atoms with Crippen molar-refractivity contribution in [2.75, 3.05) is 46.4 Å². The number of benzene rings is 1. The lowest BCUT2D eigenvalue weighted by atomic mass is 10.0. The molecule has 1 aromatic carbocycles. The van der Waals surface area contributed by atoms with Crippen molar-refractivity contribution in [2.45, 2.75) is 45.1 Å². The summed E-state index contributed by atoms with van der Waals surface area (Å²) in [6.07, 6.45) is 7.97. The molecule has 0 saturated carbocycles. The molecular weight excluding hydrogens is 350 g/mol. The van der Waals surface area contributed by atoms with E-state index in [1.165, 1.54) is 38.6 Å². The van der Waals surface area contributed by atoms with Crippen LogP contribution >= 0.6 is 0 Å². The zero-order valence-electron chi connectivity index (χ0n) is 17.4. The van der Waals surface area contributed by atoms with Gasteiger partial charge in [-0.3, -0.25) is 9.88 Å². The third-order valence-corrected chi connectivity index (χ3v) is 5.82. The van der Waals surface area contributed by atoms with Crippen molar-refractivity contribution in [2.24, 2.45) is 0 Å². The minimum absolute atomic E-state index is 0.516. The van der Waals surface area contributed by atoms with Crippen LogP contribution in [0.25, 0.3) is 10.9 Å². The molecule has 1 aliphatic rings. The number of piperazine rings is 1. The number of hydrogen-bond donors (Lipinski definition) is 1. The molecule has 0 aliphatic carbocycles. The standard InChI is InChI=1S/C23H35N3O2/c1-3-4-5-6-7-12-25-13-15-26(16-14-25)18-23(27)20-10-11-24-22-9-8-19(28-2)17-21(20)22/h8-11,17,23,27H,3-7,12-16,18H2,1-2H3/t23-/m0/s1. The Labute approximate surface area is 169 Å². The highest BCUT2D eigenvalue weighted by Gasteiger charge is 2.21. The monoisotopic (exact) mass is 385 g/mol. The molecular formula is C23H35N3O2. The van der Waals surface area contributed by atoms with E-state index in [4.69, 9.17) is 4.74 Å². The van der Waals surface area contributed by atoms with E-state index in [1.54, 1.807) is 13.3 Å². The number of aliphatic hydroxyl groups is 1. The molecule has 0 spiro atoms. The quantitative estimate of drug-likeness (QED) is 0.629. The zero-order chi connectivity index (χ0) is 19.8. The molecule has 0 amide bonds. The van der Waals surface area contributed by atoms with Crippen molar-refractivity contribution in [1.29, 1.82) is 0 Å². The molecule has 5 nitrogen and oxygen atoms in total. The maximum atomic E-state index is 10.9. The van der Waals surface area contributed by atoms with Crippen LogP contribution in [0.1, 0.15) is 50.7 Å². The minimum atomic E-state index is -0.516. The van der Waals surface area contributed by atoms with E-state index in [0.717, 1.165) is 48.4 Å². The lowest BCUT2D eigenvalue weighted by Crippen LogP contribution is -2.47. The molecule has 28 heavy (non-hydrogen) atoms. The Bertz CT molecular complexity index is 729. The molecule has 1 saturated heterocycles. The van der Waals surface area contributed by atoms with Gasteiger partial charge in [0.25, 0.3) is 0 Å². The van der Waals surface area contributed by atoms with Gasteiger partial charge in [0, 0.05) is 44.3 Å². The normalized spacial score (nSPS) is 17.1. The summed E-state index contributed by atoms with van der Waals surface area (Å²) in [5.74, 6) is 0.793. The maximum absolute atomic E-state index is 10.9. The number of pyridine rings is 1. The van der Waals surface area contributed by atoms with E-state index in [0.29, 0.717) is 6.54 Å². The first-order valence-electron chi connectivity index (χ1n) is 10.8. The first kappa shape index (κ1) is 21.0. The van der Waals surface area contributed by atoms with Crippen LogP contribution in [-0.2, 0) is 0 Å². The maximum Gasteiger partial charge on any atom is 0.119 e. The topological polar surface area (TPSA) is 48.8 Å². The summed E-state index contributed by atoms with van der Waals surface area (Å²) in [6, 6.07) is 7.76. The van der Waals surface area contributed by atoms with Gasteiger partial charge in [0.1, 0.15) is 5.75 Å². The van der Waals surface area contributed by atoms with Crippen LogP contribution in [-0.4, -0.2) is 66.3 Å². The number of rotatable bonds is 10. The fourth-order valence-corrected chi connectivity index (χ4v) is 4.04. The number of unbranched alkanes of at least 4 members (excludes halogenated alkanes) is 4. The first-order valence-corrected chi connectivity index (χ1v) is 10.8. The van der Waals surface area contributed by atoms with Crippen LogP contribution in [0.5, 0.6) is 5.75 Å². The smallest absolute Gasteiger partial charge is 0.119 e. The van der Waals surface area contributed by atoms with Crippen molar-refractivity contribution >= 4 is 10.9 Å². The average Bonchev–Trinajstić information content (AvgIpc) is 2.73. The van der Waals surface area contributed by atoms with Gasteiger partial charge in [0.15, 0.2) is 0 Å². The van der Waals surface area contributed by atoms with Crippen molar-refractivity contribution in [1.82, 2.24) is 14.8 Å². The van der Waals surface area contributed by atoms with Gasteiger partial charge in [-0.2, -0.15) is 0 Å². The fourth-order valence-electron chi connectivity index (χ4n) is 4.04. The van der Waals surface area contributed by atoms with Crippen LogP contribution in [0.15, 0.2) is 30.5 Å². The summed E-state index contributed by atoms with van der Waals surface area (Å²) in [6.45, 7) is 8.40. The number of methoxy groups -OCH3 is 1. The third kappa shape index (κ3) is 5.66. The molecule has 3 rings (SSSR count). The molecule has 1 aliphatic heterocycles. The predicted molar refractivity (Wildman–Crippen MR) is 115 cm³/mol. The van der Waals surface area contributed by atoms with Crippen LogP contribution in [0.3, 0.4) is 0 Å². The third-order valence-electron chi connectivity index (χ3n) is 5.82. The lowest BCUT2D eigenvalue weighted by molar-refractivity contribution is 0.0726. The molecule has 1 fully saturated rings. The number of hydrogen-bond acceptors (Lipinski definition) is 5. The van der Waals surface area contributed by atoms with Gasteiger partial charge in [0.2, 0.25) is 0 Å². The number of aliphatic hydroxyl groups excluding tert-OH is 1. The Balaban J connectivity index is 1.51. The second-order valence-electron chi connectivity index (χ2n) is 7.86. The van der Waals surface area contributed by atoms with Crippen LogP contribution in [0.2, 0.25) is 0 Å². The highest BCUT2D eigenvalue weighted by atomic mass is 16.5. The molecule has 1 aromatic heterocycles. The Kier molecular flexibility index (Phi) is 8.07. The Hall–Kier alpha value is -1.69. The van der Waals surface area contributed by atoms with Crippen molar-refractivity contribution in [3.63, 3.8) is 0 Å². The first-order chi connectivity index (χ1) is 13.7. The predicted octanol–water partition coefficient (Wildman–Crippen LogP) is 3.86. The molecule has 2 heterocycles. The number of β-amino-alcohol motifs (C(OH)–C–C–N with tert-alkyl or cyclic N) is 1. The number of nitrogens with zero attached hydrogens (tertiary/aromatic N) is 3. The van der Waals surface area contributed by atoms with E-state index < -0.39 is 6.10 Å². The Morgan fingerprint density at radius 2 is 1.79 bits per heavy atom. The lowest BCUT2D eigenvalue weighted by Gasteiger charge is -2.35. The molecule has 2 aromatic rings. The Morgan fingerprint density at radius 1 is 1.04 bits per heavy atom. The summed E-state index contributed by atoms with van der Waals surface area (Å²) >= 11 is 0. The summed E-state index contributed by atoms with van der Waals surface area (Å²) in [5.41, 5.74) is 1.83. The summed E-state index contributed by atoms with van der Waals surface area (Å²) in [5, 5.41) is 11.9.